The van der Waals surface area contributed by atoms with Crippen LogP contribution in [0.2, 0.25) is 0 Å². The van der Waals surface area contributed by atoms with Crippen molar-refractivity contribution in [2.45, 2.75) is 43.8 Å². The van der Waals surface area contributed by atoms with Gasteiger partial charge in [0.2, 0.25) is 0 Å². The Morgan fingerprint density at radius 1 is 0.781 bits per heavy atom. The van der Waals surface area contributed by atoms with E-state index in [0.717, 1.165) is 49.6 Å². The van der Waals surface area contributed by atoms with Crippen molar-refractivity contribution in [3.05, 3.63) is 77.4 Å². The molecule has 3 atom stereocenters. The summed E-state index contributed by atoms with van der Waals surface area (Å²) in [6, 6.07) is 12.5. The lowest BCUT2D eigenvalue weighted by Gasteiger charge is -2.45. The van der Waals surface area contributed by atoms with Gasteiger partial charge in [0.15, 0.2) is 6.23 Å². The fourth-order valence-electron chi connectivity index (χ4n) is 4.49. The summed E-state index contributed by atoms with van der Waals surface area (Å²) in [6.07, 6.45) is -6.20. The first kappa shape index (κ1) is 22.7. The Morgan fingerprint density at radius 3 is 1.97 bits per heavy atom. The lowest BCUT2D eigenvalue weighted by atomic mass is 9.80. The third-order valence-electron chi connectivity index (χ3n) is 6.08. The van der Waals surface area contributed by atoms with Crippen LogP contribution in [0.25, 0.3) is 5.76 Å². The largest absolute Gasteiger partial charge is 0.474 e. The maximum absolute atomic E-state index is 14.3. The molecule has 0 spiro atoms. The molecule has 2 nitrogen and oxygen atoms in total. The Bertz CT molecular complexity index is 930. The number of hydrogen-bond donors (Lipinski definition) is 0. The number of likely N-dealkylation sites (tertiary alicyclic amines) is 1. The smallest absolute Gasteiger partial charge is 0.416 e. The minimum atomic E-state index is -4.55. The molecule has 8 heteroatoms. The molecular weight excluding hydrogens is 432 g/mol. The van der Waals surface area contributed by atoms with E-state index >= 15 is 0 Å². The van der Waals surface area contributed by atoms with Crippen LogP contribution < -0.4 is 0 Å². The van der Waals surface area contributed by atoms with Gasteiger partial charge in [-0.25, -0.2) is 0 Å². The van der Waals surface area contributed by atoms with Gasteiger partial charge in [0, 0.05) is 18.7 Å². The molecule has 4 rings (SSSR count). The van der Waals surface area contributed by atoms with Crippen LogP contribution in [0, 0.1) is 5.92 Å². The monoisotopic (exact) mass is 455 g/mol. The average molecular weight is 455 g/mol. The zero-order valence-corrected chi connectivity index (χ0v) is 17.2. The number of nitrogens with zero attached hydrogens (tertiary/aromatic N) is 1. The van der Waals surface area contributed by atoms with E-state index in [1.165, 1.54) is 0 Å². The van der Waals surface area contributed by atoms with Gasteiger partial charge in [0.05, 0.1) is 17.4 Å². The molecule has 1 fully saturated rings. The summed E-state index contributed by atoms with van der Waals surface area (Å²) in [5.74, 6) is -2.85. The first-order chi connectivity index (χ1) is 15.1. The van der Waals surface area contributed by atoms with Crippen molar-refractivity contribution in [2.75, 3.05) is 13.1 Å². The van der Waals surface area contributed by atoms with E-state index in [1.54, 1.807) is 30.3 Å². The molecule has 2 aromatic carbocycles. The van der Waals surface area contributed by atoms with Gasteiger partial charge in [-0.2, -0.15) is 26.3 Å². The topological polar surface area (TPSA) is 12.5 Å². The van der Waals surface area contributed by atoms with E-state index in [4.69, 9.17) is 4.74 Å². The molecule has 1 saturated heterocycles. The summed E-state index contributed by atoms with van der Waals surface area (Å²) in [5.41, 5.74) is -0.145. The molecule has 2 aliphatic heterocycles. The lowest BCUT2D eigenvalue weighted by molar-refractivity contribution is -0.187. The van der Waals surface area contributed by atoms with Crippen LogP contribution in [-0.4, -0.2) is 30.4 Å². The molecule has 172 valence electrons. The summed E-state index contributed by atoms with van der Waals surface area (Å²) < 4.78 is 87.7. The number of allylic oxidation sites excluding steroid dienone is 1. The fraction of sp³-hybridized carbons (Fsp3) is 0.417. The first-order valence-electron chi connectivity index (χ1n) is 10.6. The molecule has 0 radical (unpaired) electrons. The number of ether oxygens (including phenoxy) is 1. The Kier molecular flexibility index (Phi) is 6.25. The minimum Gasteiger partial charge on any atom is -0.474 e. The van der Waals surface area contributed by atoms with Crippen LogP contribution in [0.5, 0.6) is 0 Å². The maximum Gasteiger partial charge on any atom is 0.416 e. The average Bonchev–Trinajstić information content (AvgIpc) is 2.78. The predicted octanol–water partition coefficient (Wildman–Crippen LogP) is 6.85. The number of halogens is 6. The standard InChI is InChI=1S/C24H23F6NO/c25-23(26,27)18-11-9-16(10-12-18)20-15-19(24(28,29)30)21(17-7-3-1-4-8-17)22(32-20)31-13-5-2-6-14-31/h1,3-4,7-12,15,19,21-22H,2,5-6,13-14H2/t19-,21+,22+/m0/s1. The van der Waals surface area contributed by atoms with Crippen molar-refractivity contribution in [3.8, 4) is 0 Å². The van der Waals surface area contributed by atoms with Crippen molar-refractivity contribution in [1.82, 2.24) is 4.90 Å². The Hall–Kier alpha value is -2.48. The molecule has 0 aromatic heterocycles. The van der Waals surface area contributed by atoms with Crippen LogP contribution in [0.4, 0.5) is 26.3 Å². The van der Waals surface area contributed by atoms with Crippen LogP contribution in [0.15, 0.2) is 60.7 Å². The highest BCUT2D eigenvalue weighted by Crippen LogP contribution is 2.48. The molecule has 2 aliphatic rings. The zero-order valence-electron chi connectivity index (χ0n) is 17.2. The molecule has 0 aliphatic carbocycles. The van der Waals surface area contributed by atoms with Gasteiger partial charge in [-0.05, 0) is 36.6 Å². The minimum absolute atomic E-state index is 0.0381. The summed E-state index contributed by atoms with van der Waals surface area (Å²) in [4.78, 5) is 1.93. The van der Waals surface area contributed by atoms with E-state index in [1.807, 2.05) is 4.90 Å². The molecule has 0 bridgehead atoms. The number of alkyl halides is 6. The number of benzene rings is 2. The predicted molar refractivity (Wildman–Crippen MR) is 108 cm³/mol. The Labute approximate surface area is 182 Å². The molecule has 0 saturated carbocycles. The van der Waals surface area contributed by atoms with Crippen molar-refractivity contribution in [1.29, 1.82) is 0 Å². The number of piperidine rings is 1. The van der Waals surface area contributed by atoms with Gasteiger partial charge in [-0.1, -0.05) is 48.9 Å². The van der Waals surface area contributed by atoms with Crippen LogP contribution in [0.3, 0.4) is 0 Å². The summed E-state index contributed by atoms with van der Waals surface area (Å²) >= 11 is 0. The normalized spacial score (nSPS) is 25.2. The van der Waals surface area contributed by atoms with Crippen molar-refractivity contribution >= 4 is 5.76 Å². The van der Waals surface area contributed by atoms with Gasteiger partial charge in [-0.3, -0.25) is 4.90 Å². The second-order valence-electron chi connectivity index (χ2n) is 8.21. The van der Waals surface area contributed by atoms with E-state index in [2.05, 4.69) is 0 Å². The van der Waals surface area contributed by atoms with Gasteiger partial charge >= 0.3 is 12.4 Å². The molecule has 32 heavy (non-hydrogen) atoms. The van der Waals surface area contributed by atoms with Crippen molar-refractivity contribution in [3.63, 3.8) is 0 Å². The highest BCUT2D eigenvalue weighted by molar-refractivity contribution is 5.62. The third-order valence-corrected chi connectivity index (χ3v) is 6.08. The highest BCUT2D eigenvalue weighted by Gasteiger charge is 2.51. The van der Waals surface area contributed by atoms with E-state index in [-0.39, 0.29) is 11.3 Å². The van der Waals surface area contributed by atoms with Crippen LogP contribution in [0.1, 0.15) is 41.9 Å². The summed E-state index contributed by atoms with van der Waals surface area (Å²) in [6.45, 7) is 1.22. The van der Waals surface area contributed by atoms with Crippen LogP contribution >= 0.6 is 0 Å². The zero-order chi connectivity index (χ0) is 22.9. The van der Waals surface area contributed by atoms with Gasteiger partial charge < -0.3 is 4.74 Å². The molecule has 2 aromatic rings. The third kappa shape index (κ3) is 4.80. The quantitative estimate of drug-likeness (QED) is 0.470. The molecule has 0 unspecified atom stereocenters. The first-order valence-corrected chi connectivity index (χ1v) is 10.6. The molecule has 2 heterocycles. The Morgan fingerprint density at radius 2 is 1.41 bits per heavy atom. The second-order valence-corrected chi connectivity index (χ2v) is 8.21. The summed E-state index contributed by atoms with van der Waals surface area (Å²) in [5, 5.41) is 0. The van der Waals surface area contributed by atoms with Crippen molar-refractivity contribution in [2.24, 2.45) is 5.92 Å². The Balaban J connectivity index is 1.77. The van der Waals surface area contributed by atoms with Crippen LogP contribution in [-0.2, 0) is 10.9 Å². The van der Waals surface area contributed by atoms with E-state index in [9.17, 15) is 26.3 Å². The number of hydrogen-bond acceptors (Lipinski definition) is 2. The van der Waals surface area contributed by atoms with Gasteiger partial charge in [0.25, 0.3) is 0 Å². The fourth-order valence-corrected chi connectivity index (χ4v) is 4.49. The summed E-state index contributed by atoms with van der Waals surface area (Å²) in [7, 11) is 0. The molecule has 0 amide bonds. The van der Waals surface area contributed by atoms with Gasteiger partial charge in [0.1, 0.15) is 5.76 Å². The van der Waals surface area contributed by atoms with E-state index < -0.39 is 36.0 Å². The highest BCUT2D eigenvalue weighted by atomic mass is 19.4. The molecular formula is C24H23F6NO. The second kappa shape index (κ2) is 8.81. The molecule has 0 N–H and O–H groups in total. The van der Waals surface area contributed by atoms with E-state index in [0.29, 0.717) is 18.7 Å². The SMILES string of the molecule is FC(F)(F)c1ccc(C2=C[C@H](C(F)(F)F)[C@@H](c3ccccc3)[C@H](N3CCCCC3)O2)cc1. The maximum atomic E-state index is 14.3. The van der Waals surface area contributed by atoms with Crippen molar-refractivity contribution < 1.29 is 31.1 Å². The lowest BCUT2D eigenvalue weighted by Crippen LogP contribution is -2.50. The van der Waals surface area contributed by atoms with Gasteiger partial charge in [-0.15, -0.1) is 0 Å². The number of rotatable bonds is 3.